The molecule has 0 aliphatic carbocycles. The minimum Gasteiger partial charge on any atom is -0.493 e. The second-order valence-electron chi connectivity index (χ2n) is 6.80. The Morgan fingerprint density at radius 1 is 1.08 bits per heavy atom. The number of anilines is 1. The summed E-state index contributed by atoms with van der Waals surface area (Å²) in [6.45, 7) is 5.11. The first-order valence-electron chi connectivity index (χ1n) is 8.99. The number of benzene rings is 1. The molecule has 0 atom stereocenters. The Balaban J connectivity index is 1.28. The SMILES string of the molecule is c1cc(N2CCC(COc3ccc4c(c3)CCNC4)CC2)ccn1. The number of hydrogen-bond acceptors (Lipinski definition) is 4. The molecular formula is C20H25N3O. The molecule has 2 aliphatic rings. The molecule has 1 aromatic heterocycles. The molecule has 0 spiro atoms. The molecular weight excluding hydrogens is 298 g/mol. The molecule has 0 bridgehead atoms. The predicted molar refractivity (Wildman–Crippen MR) is 96.5 cm³/mol. The van der Waals surface area contributed by atoms with Gasteiger partial charge in [0.1, 0.15) is 5.75 Å². The number of fused-ring (bicyclic) bond motifs is 1. The summed E-state index contributed by atoms with van der Waals surface area (Å²) in [5.41, 5.74) is 4.14. The van der Waals surface area contributed by atoms with Crippen molar-refractivity contribution in [2.75, 3.05) is 31.1 Å². The number of hydrogen-bond donors (Lipinski definition) is 1. The van der Waals surface area contributed by atoms with E-state index >= 15 is 0 Å². The smallest absolute Gasteiger partial charge is 0.119 e. The zero-order chi connectivity index (χ0) is 16.2. The van der Waals surface area contributed by atoms with E-state index in [0.717, 1.165) is 45.0 Å². The van der Waals surface area contributed by atoms with Crippen molar-refractivity contribution in [2.24, 2.45) is 5.92 Å². The van der Waals surface area contributed by atoms with E-state index in [2.05, 4.69) is 45.5 Å². The summed E-state index contributed by atoms with van der Waals surface area (Å²) in [5, 5.41) is 3.41. The van der Waals surface area contributed by atoms with Crippen LogP contribution in [0.25, 0.3) is 0 Å². The van der Waals surface area contributed by atoms with Gasteiger partial charge in [-0.1, -0.05) is 6.07 Å². The highest BCUT2D eigenvalue weighted by atomic mass is 16.5. The van der Waals surface area contributed by atoms with Gasteiger partial charge in [0.25, 0.3) is 0 Å². The van der Waals surface area contributed by atoms with Crippen molar-refractivity contribution in [3.05, 3.63) is 53.9 Å². The first-order chi connectivity index (χ1) is 11.9. The predicted octanol–water partition coefficient (Wildman–Crippen LogP) is 3.02. The first kappa shape index (κ1) is 15.5. The third-order valence-corrected chi connectivity index (χ3v) is 5.19. The second-order valence-corrected chi connectivity index (χ2v) is 6.80. The van der Waals surface area contributed by atoms with Crippen LogP contribution in [0.15, 0.2) is 42.7 Å². The molecule has 4 heteroatoms. The zero-order valence-electron chi connectivity index (χ0n) is 14.1. The van der Waals surface area contributed by atoms with Gasteiger partial charge in [0.15, 0.2) is 0 Å². The van der Waals surface area contributed by atoms with Crippen LogP contribution >= 0.6 is 0 Å². The number of nitrogens with one attached hydrogen (secondary N) is 1. The van der Waals surface area contributed by atoms with E-state index in [4.69, 9.17) is 4.74 Å². The fourth-order valence-corrected chi connectivity index (χ4v) is 3.67. The van der Waals surface area contributed by atoms with Crippen LogP contribution in [-0.4, -0.2) is 31.2 Å². The quantitative estimate of drug-likeness (QED) is 0.938. The van der Waals surface area contributed by atoms with Gasteiger partial charge in [0.2, 0.25) is 0 Å². The Kier molecular flexibility index (Phi) is 4.65. The summed E-state index contributed by atoms with van der Waals surface area (Å²) in [7, 11) is 0. The van der Waals surface area contributed by atoms with Gasteiger partial charge in [0.05, 0.1) is 6.61 Å². The molecule has 0 unspecified atom stereocenters. The van der Waals surface area contributed by atoms with Crippen LogP contribution in [0.2, 0.25) is 0 Å². The molecule has 1 aromatic carbocycles. The maximum atomic E-state index is 6.10. The lowest BCUT2D eigenvalue weighted by atomic mass is 9.97. The highest BCUT2D eigenvalue weighted by Gasteiger charge is 2.20. The topological polar surface area (TPSA) is 37.4 Å². The largest absolute Gasteiger partial charge is 0.493 e. The molecule has 2 aliphatic heterocycles. The average Bonchev–Trinajstić information content (AvgIpc) is 2.67. The molecule has 24 heavy (non-hydrogen) atoms. The van der Waals surface area contributed by atoms with Crippen molar-refractivity contribution in [1.29, 1.82) is 0 Å². The normalized spacial score (nSPS) is 18.2. The number of aromatic nitrogens is 1. The molecule has 126 valence electrons. The summed E-state index contributed by atoms with van der Waals surface area (Å²) in [6.07, 6.45) is 7.23. The maximum Gasteiger partial charge on any atom is 0.119 e. The van der Waals surface area contributed by atoms with Gasteiger partial charge in [-0.2, -0.15) is 0 Å². The molecule has 0 amide bonds. The van der Waals surface area contributed by atoms with E-state index in [1.165, 1.54) is 29.7 Å². The molecule has 1 saturated heterocycles. The summed E-state index contributed by atoms with van der Waals surface area (Å²) in [6, 6.07) is 10.8. The zero-order valence-corrected chi connectivity index (χ0v) is 14.1. The average molecular weight is 323 g/mol. The van der Waals surface area contributed by atoms with E-state index in [1.54, 1.807) is 0 Å². The van der Waals surface area contributed by atoms with Crippen molar-refractivity contribution < 1.29 is 4.74 Å². The summed E-state index contributed by atoms with van der Waals surface area (Å²) in [4.78, 5) is 6.55. The molecule has 3 heterocycles. The molecule has 0 saturated carbocycles. The van der Waals surface area contributed by atoms with Crippen LogP contribution in [0.3, 0.4) is 0 Å². The third kappa shape index (κ3) is 3.54. The lowest BCUT2D eigenvalue weighted by Gasteiger charge is -2.33. The minimum atomic E-state index is 0.654. The van der Waals surface area contributed by atoms with Crippen LogP contribution in [0.1, 0.15) is 24.0 Å². The highest BCUT2D eigenvalue weighted by molar-refractivity contribution is 5.44. The number of piperidine rings is 1. The summed E-state index contributed by atoms with van der Waals surface area (Å²) >= 11 is 0. The Morgan fingerprint density at radius 3 is 2.75 bits per heavy atom. The molecule has 2 aromatic rings. The highest BCUT2D eigenvalue weighted by Crippen LogP contribution is 2.25. The van der Waals surface area contributed by atoms with Crippen LogP contribution in [0.4, 0.5) is 5.69 Å². The van der Waals surface area contributed by atoms with E-state index in [9.17, 15) is 0 Å². The standard InChI is InChI=1S/C20H25N3O/c1-2-20(13-17-3-8-22-14-18(1)17)24-15-16-6-11-23(12-7-16)19-4-9-21-10-5-19/h1-2,4-5,9-10,13,16,22H,3,6-8,11-12,14-15H2. The molecule has 4 rings (SSSR count). The van der Waals surface area contributed by atoms with Gasteiger partial charge >= 0.3 is 0 Å². The van der Waals surface area contributed by atoms with Crippen LogP contribution in [0.5, 0.6) is 5.75 Å². The summed E-state index contributed by atoms with van der Waals surface area (Å²) < 4.78 is 6.10. The van der Waals surface area contributed by atoms with Gasteiger partial charge in [-0.15, -0.1) is 0 Å². The molecule has 0 radical (unpaired) electrons. The Morgan fingerprint density at radius 2 is 1.92 bits per heavy atom. The number of nitrogens with zero attached hydrogens (tertiary/aromatic N) is 2. The van der Waals surface area contributed by atoms with Gasteiger partial charge < -0.3 is 15.0 Å². The Labute approximate surface area is 143 Å². The van der Waals surface area contributed by atoms with Gasteiger partial charge in [-0.25, -0.2) is 0 Å². The Bertz CT molecular complexity index is 666. The second kappa shape index (κ2) is 7.22. The number of ether oxygens (including phenoxy) is 1. The summed E-state index contributed by atoms with van der Waals surface area (Å²) in [5.74, 6) is 1.69. The number of pyridine rings is 1. The van der Waals surface area contributed by atoms with Crippen LogP contribution in [0, 0.1) is 5.92 Å². The first-order valence-corrected chi connectivity index (χ1v) is 8.99. The third-order valence-electron chi connectivity index (χ3n) is 5.19. The number of rotatable bonds is 4. The van der Waals surface area contributed by atoms with Crippen molar-refractivity contribution in [1.82, 2.24) is 10.3 Å². The molecule has 1 N–H and O–H groups in total. The van der Waals surface area contributed by atoms with Crippen molar-refractivity contribution in [3.8, 4) is 5.75 Å². The van der Waals surface area contributed by atoms with Crippen molar-refractivity contribution >= 4 is 5.69 Å². The van der Waals surface area contributed by atoms with Crippen molar-refractivity contribution in [2.45, 2.75) is 25.8 Å². The van der Waals surface area contributed by atoms with Gasteiger partial charge in [-0.3, -0.25) is 4.98 Å². The fraction of sp³-hybridized carbons (Fsp3) is 0.450. The monoisotopic (exact) mass is 323 g/mol. The lowest BCUT2D eigenvalue weighted by Crippen LogP contribution is -2.35. The molecule has 1 fully saturated rings. The van der Waals surface area contributed by atoms with Gasteiger partial charge in [0, 0.05) is 37.7 Å². The van der Waals surface area contributed by atoms with Crippen LogP contribution in [-0.2, 0) is 13.0 Å². The molecule has 4 nitrogen and oxygen atoms in total. The van der Waals surface area contributed by atoms with Gasteiger partial charge in [-0.05, 0) is 67.1 Å². The van der Waals surface area contributed by atoms with E-state index in [-0.39, 0.29) is 0 Å². The van der Waals surface area contributed by atoms with E-state index in [0.29, 0.717) is 5.92 Å². The lowest BCUT2D eigenvalue weighted by molar-refractivity contribution is 0.222. The minimum absolute atomic E-state index is 0.654. The maximum absolute atomic E-state index is 6.10. The Hall–Kier alpha value is -2.07. The van der Waals surface area contributed by atoms with Crippen molar-refractivity contribution in [3.63, 3.8) is 0 Å². The fourth-order valence-electron chi connectivity index (χ4n) is 3.67. The van der Waals surface area contributed by atoms with E-state index < -0.39 is 0 Å². The van der Waals surface area contributed by atoms with Crippen LogP contribution < -0.4 is 15.0 Å². The van der Waals surface area contributed by atoms with E-state index in [1.807, 2.05) is 12.4 Å².